The van der Waals surface area contributed by atoms with Crippen molar-refractivity contribution in [1.29, 1.82) is 0 Å². The van der Waals surface area contributed by atoms with Gasteiger partial charge in [-0.25, -0.2) is 4.79 Å². The molecule has 2 rings (SSSR count). The van der Waals surface area contributed by atoms with E-state index in [1.54, 1.807) is 38.3 Å². The van der Waals surface area contributed by atoms with Gasteiger partial charge in [-0.3, -0.25) is 14.5 Å². The number of hydrogen-bond donors (Lipinski definition) is 2. The highest BCUT2D eigenvalue weighted by Crippen LogP contribution is 2.29. The van der Waals surface area contributed by atoms with Crippen molar-refractivity contribution in [1.82, 2.24) is 15.5 Å². The predicted octanol–water partition coefficient (Wildman–Crippen LogP) is 2.79. The highest BCUT2D eigenvalue weighted by atomic mass is 16.5. The van der Waals surface area contributed by atoms with Crippen LogP contribution in [0.25, 0.3) is 0 Å². The number of rotatable bonds is 10. The Morgan fingerprint density at radius 1 is 1.25 bits per heavy atom. The molecule has 154 valence electrons. The fourth-order valence-corrected chi connectivity index (χ4v) is 3.36. The maximum absolute atomic E-state index is 12.9. The molecule has 1 aromatic rings. The van der Waals surface area contributed by atoms with Gasteiger partial charge in [0, 0.05) is 6.54 Å². The fraction of sp³-hybridized carbons (Fsp3) is 0.571. The highest BCUT2D eigenvalue weighted by molar-refractivity contribution is 6.09. The van der Waals surface area contributed by atoms with Crippen molar-refractivity contribution in [3.8, 4) is 5.75 Å². The molecule has 1 fully saturated rings. The quantitative estimate of drug-likeness (QED) is 0.603. The number of hydrogen-bond acceptors (Lipinski definition) is 4. The first-order chi connectivity index (χ1) is 13.3. The van der Waals surface area contributed by atoms with Crippen LogP contribution in [0.15, 0.2) is 24.3 Å². The minimum absolute atomic E-state index is 0.277. The van der Waals surface area contributed by atoms with E-state index in [9.17, 15) is 14.4 Å². The summed E-state index contributed by atoms with van der Waals surface area (Å²) < 4.78 is 5.13. The van der Waals surface area contributed by atoms with Crippen molar-refractivity contribution in [3.05, 3.63) is 29.8 Å². The largest absolute Gasteiger partial charge is 0.497 e. The van der Waals surface area contributed by atoms with Crippen molar-refractivity contribution in [3.63, 3.8) is 0 Å². The van der Waals surface area contributed by atoms with Crippen LogP contribution in [0.2, 0.25) is 0 Å². The molecule has 2 N–H and O–H groups in total. The molecule has 0 bridgehead atoms. The minimum Gasteiger partial charge on any atom is -0.497 e. The highest BCUT2D eigenvalue weighted by Gasteiger charge is 2.49. The van der Waals surface area contributed by atoms with E-state index in [0.29, 0.717) is 23.8 Å². The van der Waals surface area contributed by atoms with E-state index in [0.717, 1.165) is 30.6 Å². The third-order valence-corrected chi connectivity index (χ3v) is 5.38. The SMILES string of the molecule is CCCC[C@H](CC)CNC(=O)CN1C(=O)N[C@@](C)(c2ccc(OC)cc2)C1=O. The smallest absolute Gasteiger partial charge is 0.325 e. The monoisotopic (exact) mass is 389 g/mol. The number of urea groups is 1. The summed E-state index contributed by atoms with van der Waals surface area (Å²) in [6, 6.07) is 6.38. The Kier molecular flexibility index (Phi) is 7.43. The molecule has 0 radical (unpaired) electrons. The molecule has 2 atom stereocenters. The Morgan fingerprint density at radius 2 is 1.93 bits per heavy atom. The number of unbranched alkanes of at least 4 members (excludes halogenated alkanes) is 1. The van der Waals surface area contributed by atoms with Crippen LogP contribution < -0.4 is 15.4 Å². The van der Waals surface area contributed by atoms with E-state index in [-0.39, 0.29) is 12.5 Å². The third-order valence-electron chi connectivity index (χ3n) is 5.38. The average molecular weight is 389 g/mol. The number of benzene rings is 1. The lowest BCUT2D eigenvalue weighted by Crippen LogP contribution is -2.44. The topological polar surface area (TPSA) is 87.7 Å². The number of ether oxygens (including phenoxy) is 1. The number of amides is 4. The second kappa shape index (κ2) is 9.57. The first-order valence-electron chi connectivity index (χ1n) is 9.91. The van der Waals surface area contributed by atoms with Crippen molar-refractivity contribution < 1.29 is 19.1 Å². The van der Waals surface area contributed by atoms with Gasteiger partial charge in [0.05, 0.1) is 7.11 Å². The molecule has 28 heavy (non-hydrogen) atoms. The summed E-state index contributed by atoms with van der Waals surface area (Å²) in [6.45, 7) is 6.17. The van der Waals surface area contributed by atoms with Gasteiger partial charge < -0.3 is 15.4 Å². The Bertz CT molecular complexity index is 704. The molecular weight excluding hydrogens is 358 g/mol. The summed E-state index contributed by atoms with van der Waals surface area (Å²) >= 11 is 0. The van der Waals surface area contributed by atoms with Crippen LogP contribution in [-0.2, 0) is 15.1 Å². The molecule has 7 heteroatoms. The maximum Gasteiger partial charge on any atom is 0.325 e. The molecule has 0 aromatic heterocycles. The van der Waals surface area contributed by atoms with E-state index in [1.807, 2.05) is 0 Å². The summed E-state index contributed by atoms with van der Waals surface area (Å²) in [5.41, 5.74) is -0.559. The number of imide groups is 1. The van der Waals surface area contributed by atoms with Gasteiger partial charge in [-0.15, -0.1) is 0 Å². The first kappa shape index (κ1) is 21.7. The van der Waals surface area contributed by atoms with Crippen LogP contribution in [0, 0.1) is 5.92 Å². The van der Waals surface area contributed by atoms with Gasteiger partial charge >= 0.3 is 6.03 Å². The summed E-state index contributed by atoms with van der Waals surface area (Å²) in [5, 5.41) is 5.57. The molecule has 0 spiro atoms. The van der Waals surface area contributed by atoms with Gasteiger partial charge in [0.2, 0.25) is 5.91 Å². The van der Waals surface area contributed by atoms with Crippen molar-refractivity contribution >= 4 is 17.8 Å². The number of nitrogens with one attached hydrogen (secondary N) is 2. The molecule has 7 nitrogen and oxygen atoms in total. The molecule has 1 saturated heterocycles. The Hall–Kier alpha value is -2.57. The Balaban J connectivity index is 1.99. The molecule has 1 aromatic carbocycles. The molecule has 0 aliphatic carbocycles. The van der Waals surface area contributed by atoms with Crippen LogP contribution in [0.3, 0.4) is 0 Å². The second-order valence-electron chi connectivity index (χ2n) is 7.40. The Labute approximate surface area is 166 Å². The van der Waals surface area contributed by atoms with Gasteiger partial charge in [-0.05, 0) is 37.0 Å². The molecule has 1 aliphatic heterocycles. The van der Waals surface area contributed by atoms with Crippen LogP contribution in [0.4, 0.5) is 4.79 Å². The Morgan fingerprint density at radius 3 is 2.50 bits per heavy atom. The minimum atomic E-state index is -1.20. The summed E-state index contributed by atoms with van der Waals surface area (Å²) in [5.74, 6) is 0.318. The van der Waals surface area contributed by atoms with Crippen LogP contribution >= 0.6 is 0 Å². The molecule has 1 heterocycles. The molecule has 1 aliphatic rings. The van der Waals surface area contributed by atoms with Gasteiger partial charge in [-0.2, -0.15) is 0 Å². The van der Waals surface area contributed by atoms with Crippen LogP contribution in [0.1, 0.15) is 52.0 Å². The van der Waals surface area contributed by atoms with Crippen molar-refractivity contribution in [2.45, 2.75) is 52.0 Å². The predicted molar refractivity (Wildman–Crippen MR) is 107 cm³/mol. The number of methoxy groups -OCH3 is 1. The zero-order valence-electron chi connectivity index (χ0n) is 17.2. The van der Waals surface area contributed by atoms with E-state index in [2.05, 4.69) is 24.5 Å². The van der Waals surface area contributed by atoms with E-state index >= 15 is 0 Å². The lowest BCUT2D eigenvalue weighted by Gasteiger charge is -2.22. The third kappa shape index (κ3) is 4.82. The zero-order valence-corrected chi connectivity index (χ0v) is 17.2. The van der Waals surface area contributed by atoms with Crippen molar-refractivity contribution in [2.24, 2.45) is 5.92 Å². The van der Waals surface area contributed by atoms with E-state index < -0.39 is 17.5 Å². The molecule has 4 amide bonds. The van der Waals surface area contributed by atoms with Crippen LogP contribution in [-0.4, -0.2) is 42.9 Å². The standard InChI is InChI=1S/C21H31N3O4/c1-5-7-8-15(6-2)13-22-18(25)14-24-19(26)21(3,23-20(24)27)16-9-11-17(28-4)12-10-16/h9-12,15H,5-8,13-14H2,1-4H3,(H,22,25)(H,23,27)/t15-,21-/m0/s1. The van der Waals surface area contributed by atoms with Gasteiger partial charge in [-0.1, -0.05) is 45.2 Å². The molecular formula is C21H31N3O4. The zero-order chi connectivity index (χ0) is 20.7. The summed E-state index contributed by atoms with van der Waals surface area (Å²) in [7, 11) is 1.56. The number of nitrogens with zero attached hydrogens (tertiary/aromatic N) is 1. The lowest BCUT2D eigenvalue weighted by atomic mass is 9.92. The first-order valence-corrected chi connectivity index (χ1v) is 9.91. The van der Waals surface area contributed by atoms with E-state index in [1.165, 1.54) is 0 Å². The van der Waals surface area contributed by atoms with Gasteiger partial charge in [0.15, 0.2) is 0 Å². The second-order valence-corrected chi connectivity index (χ2v) is 7.40. The molecule has 0 saturated carbocycles. The number of carbonyl (C=O) groups is 3. The number of carbonyl (C=O) groups excluding carboxylic acids is 3. The lowest BCUT2D eigenvalue weighted by molar-refractivity contribution is -0.134. The van der Waals surface area contributed by atoms with Gasteiger partial charge in [0.25, 0.3) is 5.91 Å². The van der Waals surface area contributed by atoms with Crippen LogP contribution in [0.5, 0.6) is 5.75 Å². The van der Waals surface area contributed by atoms with Gasteiger partial charge in [0.1, 0.15) is 17.8 Å². The van der Waals surface area contributed by atoms with Crippen molar-refractivity contribution in [2.75, 3.05) is 20.2 Å². The van der Waals surface area contributed by atoms with E-state index in [4.69, 9.17) is 4.74 Å². The molecule has 0 unspecified atom stereocenters. The average Bonchev–Trinajstić information content (AvgIpc) is 2.92. The summed E-state index contributed by atoms with van der Waals surface area (Å²) in [4.78, 5) is 38.5. The maximum atomic E-state index is 12.9. The fourth-order valence-electron chi connectivity index (χ4n) is 3.36. The normalized spacial score (nSPS) is 20.1. The summed E-state index contributed by atoms with van der Waals surface area (Å²) in [6.07, 6.45) is 4.29.